The number of hydrogen-bond donors (Lipinski definition) is 1. The van der Waals surface area contributed by atoms with Gasteiger partial charge in [-0.2, -0.15) is 0 Å². The maximum atomic E-state index is 12.1. The number of hydrogen-bond acceptors (Lipinski definition) is 2. The number of nitrogens with one attached hydrogen (secondary N) is 1. The molecule has 1 amide bonds. The Kier molecular flexibility index (Phi) is 3.62. The maximum Gasteiger partial charge on any atom is 0.239 e. The van der Waals surface area contributed by atoms with E-state index in [0.717, 1.165) is 38.4 Å². The van der Waals surface area contributed by atoms with Gasteiger partial charge < -0.3 is 10.2 Å². The summed E-state index contributed by atoms with van der Waals surface area (Å²) >= 11 is 0. The fraction of sp³-hybridized carbons (Fsp3) is 0.917. The largest absolute Gasteiger partial charge is 0.341 e. The number of amides is 1. The highest BCUT2D eigenvalue weighted by molar-refractivity contribution is 5.82. The van der Waals surface area contributed by atoms with Crippen molar-refractivity contribution in [3.8, 4) is 0 Å². The van der Waals surface area contributed by atoms with Gasteiger partial charge in [0, 0.05) is 13.1 Å². The van der Waals surface area contributed by atoms with Crippen LogP contribution in [0.2, 0.25) is 0 Å². The van der Waals surface area contributed by atoms with Gasteiger partial charge in [-0.05, 0) is 45.1 Å². The molecule has 0 aromatic carbocycles. The molecule has 1 N–H and O–H groups in total. The van der Waals surface area contributed by atoms with Crippen LogP contribution in [0.5, 0.6) is 0 Å². The molecule has 0 aromatic heterocycles. The standard InChI is InChI=1S/C12H22N2O/c1-2-14(9-10-5-3-6-10)12(15)11-7-4-8-13-11/h10-11,13H,2-9H2,1H3. The van der Waals surface area contributed by atoms with Crippen molar-refractivity contribution in [3.05, 3.63) is 0 Å². The number of rotatable bonds is 4. The van der Waals surface area contributed by atoms with E-state index in [0.29, 0.717) is 5.91 Å². The van der Waals surface area contributed by atoms with E-state index in [1.54, 1.807) is 0 Å². The van der Waals surface area contributed by atoms with Crippen LogP contribution >= 0.6 is 0 Å². The molecule has 3 nitrogen and oxygen atoms in total. The third-order valence-electron chi connectivity index (χ3n) is 3.76. The van der Waals surface area contributed by atoms with Crippen LogP contribution in [-0.4, -0.2) is 36.5 Å². The number of carbonyl (C=O) groups is 1. The fourth-order valence-corrected chi connectivity index (χ4v) is 2.48. The van der Waals surface area contributed by atoms with Crippen molar-refractivity contribution in [2.24, 2.45) is 5.92 Å². The van der Waals surface area contributed by atoms with Crippen LogP contribution in [0.1, 0.15) is 39.0 Å². The molecular formula is C12H22N2O. The number of nitrogens with zero attached hydrogens (tertiary/aromatic N) is 1. The second-order valence-electron chi connectivity index (χ2n) is 4.82. The van der Waals surface area contributed by atoms with Gasteiger partial charge in [-0.15, -0.1) is 0 Å². The topological polar surface area (TPSA) is 32.3 Å². The molecule has 3 heteroatoms. The summed E-state index contributed by atoms with van der Waals surface area (Å²) in [5.74, 6) is 1.12. The van der Waals surface area contributed by atoms with Crippen molar-refractivity contribution < 1.29 is 4.79 Å². The van der Waals surface area contributed by atoms with E-state index in [-0.39, 0.29) is 6.04 Å². The molecule has 1 unspecified atom stereocenters. The summed E-state index contributed by atoms with van der Waals surface area (Å²) in [6.07, 6.45) is 6.18. The van der Waals surface area contributed by atoms with E-state index in [1.165, 1.54) is 19.3 Å². The van der Waals surface area contributed by atoms with Gasteiger partial charge in [-0.3, -0.25) is 4.79 Å². The monoisotopic (exact) mass is 210 g/mol. The third-order valence-corrected chi connectivity index (χ3v) is 3.76. The van der Waals surface area contributed by atoms with Gasteiger partial charge in [0.15, 0.2) is 0 Å². The lowest BCUT2D eigenvalue weighted by Gasteiger charge is -2.33. The van der Waals surface area contributed by atoms with Crippen molar-refractivity contribution in [1.29, 1.82) is 0 Å². The minimum atomic E-state index is 0.116. The number of carbonyl (C=O) groups excluding carboxylic acids is 1. The zero-order chi connectivity index (χ0) is 10.7. The van der Waals surface area contributed by atoms with Gasteiger partial charge in [-0.25, -0.2) is 0 Å². The molecule has 1 saturated heterocycles. The second kappa shape index (κ2) is 4.97. The second-order valence-corrected chi connectivity index (χ2v) is 4.82. The Balaban J connectivity index is 1.83. The molecule has 1 atom stereocenters. The SMILES string of the molecule is CCN(CC1CCC1)C(=O)C1CCCN1. The van der Waals surface area contributed by atoms with Crippen molar-refractivity contribution in [1.82, 2.24) is 10.2 Å². The third kappa shape index (κ3) is 2.51. The van der Waals surface area contributed by atoms with Crippen LogP contribution in [0.15, 0.2) is 0 Å². The van der Waals surface area contributed by atoms with Gasteiger partial charge in [0.25, 0.3) is 0 Å². The van der Waals surface area contributed by atoms with Crippen LogP contribution in [-0.2, 0) is 4.79 Å². The smallest absolute Gasteiger partial charge is 0.239 e. The van der Waals surface area contributed by atoms with Crippen LogP contribution in [0.3, 0.4) is 0 Å². The zero-order valence-electron chi connectivity index (χ0n) is 9.67. The summed E-state index contributed by atoms with van der Waals surface area (Å²) in [6, 6.07) is 0.116. The summed E-state index contributed by atoms with van der Waals surface area (Å²) in [7, 11) is 0. The Hall–Kier alpha value is -0.570. The molecule has 0 aromatic rings. The Bertz CT molecular complexity index is 220. The lowest BCUT2D eigenvalue weighted by molar-refractivity contribution is -0.133. The van der Waals surface area contributed by atoms with E-state index in [9.17, 15) is 4.79 Å². The molecule has 2 rings (SSSR count). The van der Waals surface area contributed by atoms with Crippen molar-refractivity contribution in [3.63, 3.8) is 0 Å². The molecule has 2 aliphatic rings. The Morgan fingerprint density at radius 1 is 1.33 bits per heavy atom. The maximum absolute atomic E-state index is 12.1. The summed E-state index contributed by atoms with van der Waals surface area (Å²) in [6.45, 7) is 4.96. The predicted octanol–water partition coefficient (Wildman–Crippen LogP) is 1.39. The Morgan fingerprint density at radius 2 is 2.13 bits per heavy atom. The summed E-state index contributed by atoms with van der Waals surface area (Å²) in [4.78, 5) is 14.2. The highest BCUT2D eigenvalue weighted by atomic mass is 16.2. The highest BCUT2D eigenvalue weighted by Gasteiger charge is 2.28. The lowest BCUT2D eigenvalue weighted by atomic mass is 9.85. The van der Waals surface area contributed by atoms with E-state index >= 15 is 0 Å². The van der Waals surface area contributed by atoms with Crippen LogP contribution in [0.4, 0.5) is 0 Å². The van der Waals surface area contributed by atoms with E-state index in [2.05, 4.69) is 12.2 Å². The summed E-state index contributed by atoms with van der Waals surface area (Å²) in [5.41, 5.74) is 0. The molecule has 1 heterocycles. The quantitative estimate of drug-likeness (QED) is 0.760. The first-order chi connectivity index (χ1) is 7.31. The molecule has 1 aliphatic carbocycles. The molecule has 1 saturated carbocycles. The minimum Gasteiger partial charge on any atom is -0.341 e. The van der Waals surface area contributed by atoms with Gasteiger partial charge >= 0.3 is 0 Å². The molecule has 1 aliphatic heterocycles. The van der Waals surface area contributed by atoms with Crippen LogP contribution < -0.4 is 5.32 Å². The minimum absolute atomic E-state index is 0.116. The van der Waals surface area contributed by atoms with Crippen LogP contribution in [0.25, 0.3) is 0 Å². The average molecular weight is 210 g/mol. The highest BCUT2D eigenvalue weighted by Crippen LogP contribution is 2.27. The van der Waals surface area contributed by atoms with Crippen molar-refractivity contribution in [2.45, 2.75) is 45.1 Å². The van der Waals surface area contributed by atoms with E-state index in [1.807, 2.05) is 4.90 Å². The molecule has 0 spiro atoms. The molecular weight excluding hydrogens is 188 g/mol. The van der Waals surface area contributed by atoms with Gasteiger partial charge in [0.1, 0.15) is 0 Å². The van der Waals surface area contributed by atoms with Crippen molar-refractivity contribution >= 4 is 5.91 Å². The van der Waals surface area contributed by atoms with Gasteiger partial charge in [0.2, 0.25) is 5.91 Å². The first kappa shape index (κ1) is 10.9. The Labute approximate surface area is 92.2 Å². The van der Waals surface area contributed by atoms with Gasteiger partial charge in [0.05, 0.1) is 6.04 Å². The fourth-order valence-electron chi connectivity index (χ4n) is 2.48. The first-order valence-electron chi connectivity index (χ1n) is 6.33. The van der Waals surface area contributed by atoms with Gasteiger partial charge in [-0.1, -0.05) is 6.42 Å². The molecule has 2 fully saturated rings. The molecule has 86 valence electrons. The lowest BCUT2D eigenvalue weighted by Crippen LogP contribution is -2.46. The molecule has 0 bridgehead atoms. The summed E-state index contributed by atoms with van der Waals surface area (Å²) in [5, 5.41) is 3.29. The zero-order valence-corrected chi connectivity index (χ0v) is 9.67. The van der Waals surface area contributed by atoms with E-state index < -0.39 is 0 Å². The van der Waals surface area contributed by atoms with E-state index in [4.69, 9.17) is 0 Å². The summed E-state index contributed by atoms with van der Waals surface area (Å²) < 4.78 is 0. The first-order valence-corrected chi connectivity index (χ1v) is 6.33. The Morgan fingerprint density at radius 3 is 2.60 bits per heavy atom. The van der Waals surface area contributed by atoms with Crippen molar-refractivity contribution in [2.75, 3.05) is 19.6 Å². The molecule has 15 heavy (non-hydrogen) atoms. The molecule has 0 radical (unpaired) electrons. The average Bonchev–Trinajstić information content (AvgIpc) is 2.68. The van der Waals surface area contributed by atoms with Crippen LogP contribution in [0, 0.1) is 5.92 Å². The predicted molar refractivity (Wildman–Crippen MR) is 60.6 cm³/mol. The normalized spacial score (nSPS) is 26.3. The number of likely N-dealkylation sites (N-methyl/N-ethyl adjacent to an activating group) is 1.